The summed E-state index contributed by atoms with van der Waals surface area (Å²) in [6.45, 7) is 5.69. The lowest BCUT2D eigenvalue weighted by atomic mass is 10.2. The molecule has 0 saturated heterocycles. The maximum atomic E-state index is 12.8. The Balaban J connectivity index is 2.36. The molecule has 0 aliphatic heterocycles. The van der Waals surface area contributed by atoms with E-state index in [9.17, 15) is 23.3 Å². The number of anilines is 1. The molecule has 144 valence electrons. The molecule has 27 heavy (non-hydrogen) atoms. The van der Waals surface area contributed by atoms with Crippen molar-refractivity contribution in [1.29, 1.82) is 0 Å². The Hall–Kier alpha value is -2.94. The van der Waals surface area contributed by atoms with Gasteiger partial charge >= 0.3 is 0 Å². The molecule has 0 saturated carbocycles. The van der Waals surface area contributed by atoms with Gasteiger partial charge in [-0.2, -0.15) is 0 Å². The first-order chi connectivity index (χ1) is 12.7. The van der Waals surface area contributed by atoms with Crippen molar-refractivity contribution in [1.82, 2.24) is 4.90 Å². The van der Waals surface area contributed by atoms with E-state index in [0.717, 1.165) is 11.6 Å². The van der Waals surface area contributed by atoms with Gasteiger partial charge in [0.05, 0.1) is 4.92 Å². The van der Waals surface area contributed by atoms with Gasteiger partial charge in [-0.25, -0.2) is 8.42 Å². The largest absolute Gasteiger partial charge is 0.339 e. The van der Waals surface area contributed by atoms with Gasteiger partial charge in [0.2, 0.25) is 5.91 Å². The Bertz CT molecular complexity index is 973. The van der Waals surface area contributed by atoms with Gasteiger partial charge in [-0.1, -0.05) is 24.3 Å². The molecule has 0 atom stereocenters. The normalized spacial score (nSPS) is 11.1. The average molecular weight is 391 g/mol. The van der Waals surface area contributed by atoms with E-state index in [2.05, 4.69) is 4.72 Å². The predicted molar refractivity (Wildman–Crippen MR) is 102 cm³/mol. The molecule has 0 heterocycles. The van der Waals surface area contributed by atoms with Gasteiger partial charge in [0, 0.05) is 31.8 Å². The minimum Gasteiger partial charge on any atom is -0.339 e. The third-order valence-electron chi connectivity index (χ3n) is 4.04. The van der Waals surface area contributed by atoms with Gasteiger partial charge in [0.25, 0.3) is 15.7 Å². The zero-order valence-corrected chi connectivity index (χ0v) is 16.1. The molecular weight excluding hydrogens is 370 g/mol. The number of hydrogen-bond donors (Lipinski definition) is 1. The molecule has 2 aromatic carbocycles. The molecule has 0 aliphatic carbocycles. The molecular formula is C18H21N3O5S. The van der Waals surface area contributed by atoms with Gasteiger partial charge in [-0.15, -0.1) is 0 Å². The van der Waals surface area contributed by atoms with Crippen molar-refractivity contribution in [3.8, 4) is 0 Å². The number of hydrogen-bond acceptors (Lipinski definition) is 5. The second-order valence-corrected chi connectivity index (χ2v) is 7.64. The quantitative estimate of drug-likeness (QED) is 0.576. The summed E-state index contributed by atoms with van der Waals surface area (Å²) in [5.41, 5.74) is 0.810. The Morgan fingerprint density at radius 3 is 2.48 bits per heavy atom. The fraction of sp³-hybridized carbons (Fsp3) is 0.278. The van der Waals surface area contributed by atoms with E-state index in [1.54, 1.807) is 29.2 Å². The summed E-state index contributed by atoms with van der Waals surface area (Å²) in [4.78, 5) is 23.3. The van der Waals surface area contributed by atoms with Gasteiger partial charge in [0.1, 0.15) is 0 Å². The monoisotopic (exact) mass is 391 g/mol. The first-order valence-electron chi connectivity index (χ1n) is 8.27. The topological polar surface area (TPSA) is 110 Å². The van der Waals surface area contributed by atoms with Crippen LogP contribution in [0.1, 0.15) is 25.0 Å². The summed E-state index contributed by atoms with van der Waals surface area (Å²) in [5, 5.41) is 11.2. The predicted octanol–water partition coefficient (Wildman–Crippen LogP) is 3.07. The van der Waals surface area contributed by atoms with Crippen molar-refractivity contribution in [2.45, 2.75) is 32.2 Å². The minimum absolute atomic E-state index is 0.0842. The van der Waals surface area contributed by atoms with Crippen molar-refractivity contribution >= 4 is 27.3 Å². The van der Waals surface area contributed by atoms with Crippen molar-refractivity contribution in [2.24, 2.45) is 0 Å². The average Bonchev–Trinajstić information content (AvgIpc) is 2.58. The summed E-state index contributed by atoms with van der Waals surface area (Å²) < 4.78 is 27.9. The second kappa shape index (κ2) is 8.17. The van der Waals surface area contributed by atoms with Crippen LogP contribution >= 0.6 is 0 Å². The van der Waals surface area contributed by atoms with Crippen molar-refractivity contribution in [3.05, 3.63) is 63.7 Å². The lowest BCUT2D eigenvalue weighted by molar-refractivity contribution is -0.387. The van der Waals surface area contributed by atoms with Crippen LogP contribution in [0.4, 0.5) is 11.4 Å². The molecule has 1 N–H and O–H groups in total. The summed E-state index contributed by atoms with van der Waals surface area (Å²) in [7, 11) is -4.16. The molecule has 0 radical (unpaired) electrons. The Kier molecular flexibility index (Phi) is 6.17. The Morgan fingerprint density at radius 1 is 1.22 bits per heavy atom. The highest BCUT2D eigenvalue weighted by atomic mass is 32.2. The Labute approximate surface area is 158 Å². The highest BCUT2D eigenvalue weighted by molar-refractivity contribution is 7.93. The van der Waals surface area contributed by atoms with E-state index >= 15 is 0 Å². The number of nitrogens with one attached hydrogen (secondary N) is 1. The SMILES string of the molecule is CCN(Cc1cccc(NS(=O)(=O)c2c(C)cccc2[N+](=O)[O-])c1)C(C)=O. The number of nitrogens with zero attached hydrogens (tertiary/aromatic N) is 2. The molecule has 0 spiro atoms. The Morgan fingerprint density at radius 2 is 1.89 bits per heavy atom. The summed E-state index contributed by atoms with van der Waals surface area (Å²) in [6.07, 6.45) is 0. The first-order valence-corrected chi connectivity index (χ1v) is 9.75. The minimum atomic E-state index is -4.16. The van der Waals surface area contributed by atoms with Crippen LogP contribution in [0.5, 0.6) is 0 Å². The number of aryl methyl sites for hydroxylation is 1. The maximum absolute atomic E-state index is 12.8. The van der Waals surface area contributed by atoms with Crippen LogP contribution < -0.4 is 4.72 Å². The number of benzene rings is 2. The maximum Gasteiger partial charge on any atom is 0.290 e. The number of amides is 1. The molecule has 1 amide bonds. The third kappa shape index (κ3) is 4.82. The van der Waals surface area contributed by atoms with E-state index in [1.807, 2.05) is 6.92 Å². The summed E-state index contributed by atoms with van der Waals surface area (Å²) in [5.74, 6) is -0.0842. The number of carbonyl (C=O) groups is 1. The molecule has 0 bridgehead atoms. The lowest BCUT2D eigenvalue weighted by Gasteiger charge is -2.19. The lowest BCUT2D eigenvalue weighted by Crippen LogP contribution is -2.27. The number of nitro groups is 1. The van der Waals surface area contributed by atoms with Crippen LogP contribution in [0.2, 0.25) is 0 Å². The van der Waals surface area contributed by atoms with E-state index in [0.29, 0.717) is 13.1 Å². The zero-order valence-electron chi connectivity index (χ0n) is 15.3. The highest BCUT2D eigenvalue weighted by Crippen LogP contribution is 2.29. The smallest absolute Gasteiger partial charge is 0.290 e. The zero-order chi connectivity index (χ0) is 20.2. The number of rotatable bonds is 7. The molecule has 0 aliphatic rings. The second-order valence-electron chi connectivity index (χ2n) is 6.02. The number of carbonyl (C=O) groups excluding carboxylic acids is 1. The van der Waals surface area contributed by atoms with Gasteiger partial charge in [-0.05, 0) is 37.1 Å². The van der Waals surface area contributed by atoms with Crippen LogP contribution in [0.3, 0.4) is 0 Å². The fourth-order valence-electron chi connectivity index (χ4n) is 2.74. The molecule has 0 aromatic heterocycles. The van der Waals surface area contributed by atoms with Gasteiger partial charge < -0.3 is 4.90 Å². The third-order valence-corrected chi connectivity index (χ3v) is 5.61. The molecule has 0 fully saturated rings. The van der Waals surface area contributed by atoms with E-state index in [-0.39, 0.29) is 22.1 Å². The highest BCUT2D eigenvalue weighted by Gasteiger charge is 2.28. The fourth-order valence-corrected chi connectivity index (χ4v) is 4.19. The van der Waals surface area contributed by atoms with Gasteiger partial charge in [0.15, 0.2) is 4.90 Å². The van der Waals surface area contributed by atoms with E-state index in [1.165, 1.54) is 26.0 Å². The first kappa shape index (κ1) is 20.4. The van der Waals surface area contributed by atoms with E-state index in [4.69, 9.17) is 0 Å². The van der Waals surface area contributed by atoms with Crippen LogP contribution in [-0.4, -0.2) is 30.7 Å². The number of sulfonamides is 1. The summed E-state index contributed by atoms with van der Waals surface area (Å²) >= 11 is 0. The molecule has 2 rings (SSSR count). The van der Waals surface area contributed by atoms with Crippen LogP contribution in [0.25, 0.3) is 0 Å². The molecule has 0 unspecified atom stereocenters. The standard InChI is InChI=1S/C18H21N3O5S/c1-4-20(14(3)22)12-15-8-6-9-16(11-15)19-27(25,26)18-13(2)7-5-10-17(18)21(23)24/h5-11,19H,4,12H2,1-3H3. The molecule has 8 nitrogen and oxygen atoms in total. The molecule has 2 aromatic rings. The van der Waals surface area contributed by atoms with Crippen molar-refractivity contribution in [3.63, 3.8) is 0 Å². The van der Waals surface area contributed by atoms with Crippen LogP contribution in [-0.2, 0) is 21.4 Å². The van der Waals surface area contributed by atoms with Crippen molar-refractivity contribution < 1.29 is 18.1 Å². The summed E-state index contributed by atoms with van der Waals surface area (Å²) in [6, 6.07) is 10.7. The van der Waals surface area contributed by atoms with Crippen molar-refractivity contribution in [2.75, 3.05) is 11.3 Å². The van der Waals surface area contributed by atoms with Crippen LogP contribution in [0.15, 0.2) is 47.4 Å². The van der Waals surface area contributed by atoms with Crippen LogP contribution in [0, 0.1) is 17.0 Å². The van der Waals surface area contributed by atoms with E-state index < -0.39 is 20.6 Å². The molecule has 9 heteroatoms. The number of nitro benzene ring substituents is 1. The van der Waals surface area contributed by atoms with Gasteiger partial charge in [-0.3, -0.25) is 19.6 Å².